The van der Waals surface area contributed by atoms with Crippen molar-refractivity contribution in [3.63, 3.8) is 0 Å². The zero-order valence-electron chi connectivity index (χ0n) is 29.9. The lowest BCUT2D eigenvalue weighted by atomic mass is 9.95. The van der Waals surface area contributed by atoms with E-state index in [9.17, 15) is 9.59 Å². The highest BCUT2D eigenvalue weighted by Gasteiger charge is 2.43. The molecule has 0 spiro atoms. The van der Waals surface area contributed by atoms with Crippen molar-refractivity contribution in [2.24, 2.45) is 5.92 Å². The maximum absolute atomic E-state index is 14.0. The number of para-hydroxylation sites is 1. The summed E-state index contributed by atoms with van der Waals surface area (Å²) in [5.74, 6) is 0.0658. The van der Waals surface area contributed by atoms with E-state index in [0.717, 1.165) is 35.9 Å². The number of anilines is 1. The van der Waals surface area contributed by atoms with E-state index in [1.807, 2.05) is 68.1 Å². The number of furan rings is 1. The first-order valence-corrected chi connectivity index (χ1v) is 18.3. The summed E-state index contributed by atoms with van der Waals surface area (Å²) in [5, 5.41) is 13.9. The van der Waals surface area contributed by atoms with Crippen LogP contribution in [0.1, 0.15) is 65.2 Å². The minimum Gasteiger partial charge on any atom is -0.481 e. The number of nitrogens with zero attached hydrogens (tertiary/aromatic N) is 5. The summed E-state index contributed by atoms with van der Waals surface area (Å²) in [4.78, 5) is 41.6. The number of hydrogen-bond acceptors (Lipinski definition) is 11. The van der Waals surface area contributed by atoms with Crippen molar-refractivity contribution in [1.29, 1.82) is 0 Å². The molecule has 2 aliphatic rings. The van der Waals surface area contributed by atoms with E-state index >= 15 is 0 Å². The molecule has 5 heterocycles. The van der Waals surface area contributed by atoms with Gasteiger partial charge in [-0.05, 0) is 83.0 Å². The maximum Gasteiger partial charge on any atom is 0.329 e. The monoisotopic (exact) mass is 732 g/mol. The van der Waals surface area contributed by atoms with Crippen LogP contribution in [-0.2, 0) is 25.5 Å². The molecule has 7 rings (SSSR count). The SMILES string of the molecule is C[C@@H]1CNCCC1n1c(O[C@H]2C[C@@H](C(=O)OC(C)(C)C)N(c3nc(CCOCCCC(=O)O)nc4c3oc3ccccc34)C2)nc2cc(Cl)ccc21. The Morgan fingerprint density at radius 3 is 2.73 bits per heavy atom. The summed E-state index contributed by atoms with van der Waals surface area (Å²) in [6.45, 7) is 10.5. The van der Waals surface area contributed by atoms with Crippen LogP contribution in [0.25, 0.3) is 33.1 Å². The summed E-state index contributed by atoms with van der Waals surface area (Å²) in [6, 6.07) is 13.3. The molecule has 0 bridgehead atoms. The molecule has 0 amide bonds. The van der Waals surface area contributed by atoms with Gasteiger partial charge >= 0.3 is 11.9 Å². The third kappa shape index (κ3) is 7.67. The number of aliphatic carboxylic acids is 1. The number of ether oxygens (including phenoxy) is 3. The summed E-state index contributed by atoms with van der Waals surface area (Å²) in [7, 11) is 0. The average Bonchev–Trinajstić information content (AvgIpc) is 3.78. The van der Waals surface area contributed by atoms with Crippen LogP contribution in [0.2, 0.25) is 5.02 Å². The Morgan fingerprint density at radius 1 is 1.12 bits per heavy atom. The fraction of sp³-hybridized carbons (Fsp3) is 0.500. The third-order valence-electron chi connectivity index (χ3n) is 9.57. The number of halogens is 1. The molecular weight excluding hydrogens is 688 g/mol. The Bertz CT molecular complexity index is 2090. The smallest absolute Gasteiger partial charge is 0.329 e. The number of imidazole rings is 1. The third-order valence-corrected chi connectivity index (χ3v) is 9.81. The van der Waals surface area contributed by atoms with Gasteiger partial charge in [-0.3, -0.25) is 9.36 Å². The van der Waals surface area contributed by atoms with Crippen molar-refractivity contribution >= 4 is 62.5 Å². The molecule has 3 aromatic heterocycles. The first kappa shape index (κ1) is 35.9. The highest BCUT2D eigenvalue weighted by atomic mass is 35.5. The topological polar surface area (TPSA) is 154 Å². The fourth-order valence-corrected chi connectivity index (χ4v) is 7.38. The first-order valence-electron chi connectivity index (χ1n) is 18.0. The molecule has 276 valence electrons. The van der Waals surface area contributed by atoms with Gasteiger partial charge < -0.3 is 34.0 Å². The number of carboxylic acids is 1. The van der Waals surface area contributed by atoms with E-state index in [4.69, 9.17) is 50.3 Å². The molecule has 2 aliphatic heterocycles. The Hall–Kier alpha value is -4.46. The van der Waals surface area contributed by atoms with Gasteiger partial charge in [0.1, 0.15) is 34.7 Å². The number of carbonyl (C=O) groups is 2. The van der Waals surface area contributed by atoms with Crippen molar-refractivity contribution in [2.75, 3.05) is 37.7 Å². The Kier molecular flexibility index (Phi) is 10.3. The van der Waals surface area contributed by atoms with Crippen molar-refractivity contribution in [1.82, 2.24) is 24.8 Å². The number of fused-ring (bicyclic) bond motifs is 4. The van der Waals surface area contributed by atoms with Crippen molar-refractivity contribution in [3.05, 3.63) is 53.3 Å². The lowest BCUT2D eigenvalue weighted by molar-refractivity contribution is -0.156. The average molecular weight is 733 g/mol. The van der Waals surface area contributed by atoms with Gasteiger partial charge in [0.25, 0.3) is 6.01 Å². The quantitative estimate of drug-likeness (QED) is 0.109. The molecule has 0 aliphatic carbocycles. The normalized spacial score (nSPS) is 21.0. The number of carboxylic acid groups (broad SMARTS) is 1. The summed E-state index contributed by atoms with van der Waals surface area (Å²) < 4.78 is 27.1. The standard InChI is InChI=1S/C38H45ClN6O7/c1-22-20-40-15-13-27(22)45-28-12-11-23(39)18-26(28)41-37(45)50-24-19-29(36(48)52-38(2,3)4)44(21-24)35-34-33(25-8-5-6-9-30(25)51-34)42-31(43-35)14-17-49-16-7-10-32(46)47/h5-6,8-9,11-12,18,22,24,27,29,40H,7,10,13-17,19-21H2,1-4H3,(H,46,47)/t22-,24+,27?,29+/m1/s1. The molecule has 1 unspecified atom stereocenters. The van der Waals surface area contributed by atoms with E-state index in [1.54, 1.807) is 0 Å². The predicted octanol–water partition coefficient (Wildman–Crippen LogP) is 6.34. The molecule has 2 saturated heterocycles. The molecule has 52 heavy (non-hydrogen) atoms. The molecule has 13 nitrogen and oxygen atoms in total. The van der Waals surface area contributed by atoms with Crippen LogP contribution in [0.5, 0.6) is 6.01 Å². The molecule has 14 heteroatoms. The van der Waals surface area contributed by atoms with Crippen molar-refractivity contribution < 1.29 is 33.3 Å². The highest BCUT2D eigenvalue weighted by Crippen LogP contribution is 2.39. The minimum atomic E-state index is -0.858. The number of hydrogen-bond donors (Lipinski definition) is 2. The van der Waals surface area contributed by atoms with E-state index < -0.39 is 29.7 Å². The van der Waals surface area contributed by atoms with Crippen LogP contribution in [0.15, 0.2) is 46.9 Å². The number of carbonyl (C=O) groups excluding carboxylic acids is 1. The minimum absolute atomic E-state index is 0.0405. The zero-order chi connectivity index (χ0) is 36.6. The molecular formula is C38H45ClN6O7. The van der Waals surface area contributed by atoms with Gasteiger partial charge in [0.15, 0.2) is 11.4 Å². The molecule has 0 saturated carbocycles. The van der Waals surface area contributed by atoms with Gasteiger partial charge in [-0.15, -0.1) is 0 Å². The molecule has 4 atom stereocenters. The largest absolute Gasteiger partial charge is 0.481 e. The second-order valence-corrected chi connectivity index (χ2v) is 15.1. The summed E-state index contributed by atoms with van der Waals surface area (Å²) in [5.41, 5.74) is 2.73. The number of benzene rings is 2. The molecule has 2 N–H and O–H groups in total. The molecule has 2 fully saturated rings. The van der Waals surface area contributed by atoms with Crippen LogP contribution in [0.4, 0.5) is 5.82 Å². The van der Waals surface area contributed by atoms with E-state index in [0.29, 0.717) is 84.3 Å². The second kappa shape index (κ2) is 14.9. The van der Waals surface area contributed by atoms with Gasteiger partial charge in [0, 0.05) is 42.3 Å². The number of aromatic nitrogens is 4. The van der Waals surface area contributed by atoms with Crippen molar-refractivity contribution in [2.45, 2.75) is 83.6 Å². The lowest BCUT2D eigenvalue weighted by Crippen LogP contribution is -2.41. The first-order chi connectivity index (χ1) is 24.9. The summed E-state index contributed by atoms with van der Waals surface area (Å²) >= 11 is 6.41. The predicted molar refractivity (Wildman–Crippen MR) is 197 cm³/mol. The van der Waals surface area contributed by atoms with Gasteiger partial charge in [-0.2, -0.15) is 4.98 Å². The van der Waals surface area contributed by atoms with Gasteiger partial charge in [-0.1, -0.05) is 30.7 Å². The molecule has 5 aromatic rings. The van der Waals surface area contributed by atoms with Crippen LogP contribution in [0, 0.1) is 5.92 Å². The van der Waals surface area contributed by atoms with Crippen LogP contribution in [0.3, 0.4) is 0 Å². The van der Waals surface area contributed by atoms with Crippen LogP contribution < -0.4 is 15.0 Å². The maximum atomic E-state index is 14.0. The zero-order valence-corrected chi connectivity index (χ0v) is 30.7. The van der Waals surface area contributed by atoms with E-state index in [2.05, 4.69) is 16.8 Å². The van der Waals surface area contributed by atoms with Crippen LogP contribution in [-0.4, -0.2) is 87.2 Å². The number of nitrogens with one attached hydrogen (secondary N) is 1. The molecule has 0 radical (unpaired) electrons. The van der Waals surface area contributed by atoms with Crippen LogP contribution >= 0.6 is 11.6 Å². The lowest BCUT2D eigenvalue weighted by Gasteiger charge is -2.32. The summed E-state index contributed by atoms with van der Waals surface area (Å²) in [6.07, 6.45) is 1.63. The second-order valence-electron chi connectivity index (χ2n) is 14.7. The number of rotatable bonds is 12. The van der Waals surface area contributed by atoms with E-state index in [1.165, 1.54) is 0 Å². The fourth-order valence-electron chi connectivity index (χ4n) is 7.22. The van der Waals surface area contributed by atoms with Gasteiger partial charge in [-0.25, -0.2) is 14.8 Å². The van der Waals surface area contributed by atoms with E-state index in [-0.39, 0.29) is 12.5 Å². The number of esters is 1. The Labute approximate surface area is 306 Å². The Balaban J connectivity index is 1.25. The van der Waals surface area contributed by atoms with Crippen molar-refractivity contribution in [3.8, 4) is 6.01 Å². The number of piperidine rings is 1. The van der Waals surface area contributed by atoms with Gasteiger partial charge in [0.2, 0.25) is 0 Å². The highest BCUT2D eigenvalue weighted by molar-refractivity contribution is 6.31. The molecule has 2 aromatic carbocycles. The Morgan fingerprint density at radius 2 is 1.94 bits per heavy atom. The van der Waals surface area contributed by atoms with Gasteiger partial charge in [0.05, 0.1) is 24.2 Å².